The molecule has 23 heavy (non-hydrogen) atoms. The summed E-state index contributed by atoms with van der Waals surface area (Å²) in [6, 6.07) is 0. The second-order valence-electron chi connectivity index (χ2n) is 5.32. The lowest BCUT2D eigenvalue weighted by Gasteiger charge is -2.44. The Morgan fingerprint density at radius 2 is 1.70 bits per heavy atom. The van der Waals surface area contributed by atoms with Crippen LogP contribution in [0.1, 0.15) is 19.8 Å². The summed E-state index contributed by atoms with van der Waals surface area (Å²) in [4.78, 5) is 0. The highest BCUT2D eigenvalue weighted by atomic mass is 79.9. The Bertz CT molecular complexity index is 387. The third kappa shape index (κ3) is 6.23. The largest absolute Gasteiger partial charge is 0.376 e. The first-order chi connectivity index (χ1) is 11.0. The van der Waals surface area contributed by atoms with E-state index < -0.39 is 6.29 Å². The smallest absolute Gasteiger partial charge is 0.187 e. The van der Waals surface area contributed by atoms with Crippen molar-refractivity contribution in [1.29, 1.82) is 0 Å². The maximum atomic E-state index is 6.14. The Morgan fingerprint density at radius 3 is 2.17 bits per heavy atom. The Labute approximate surface area is 155 Å². The molecular formula is C16H26Br2O5. The van der Waals surface area contributed by atoms with E-state index in [4.69, 9.17) is 23.7 Å². The van der Waals surface area contributed by atoms with Gasteiger partial charge in [0.1, 0.15) is 18.3 Å². The Balaban J connectivity index is 2.85. The lowest BCUT2D eigenvalue weighted by molar-refractivity contribution is -0.314. The number of hydrogen-bond acceptors (Lipinski definition) is 5. The summed E-state index contributed by atoms with van der Waals surface area (Å²) in [6.45, 7) is 5.73. The molecule has 1 fully saturated rings. The third-order valence-electron chi connectivity index (χ3n) is 3.83. The maximum Gasteiger partial charge on any atom is 0.187 e. The van der Waals surface area contributed by atoms with Gasteiger partial charge in [0.05, 0.1) is 15.6 Å². The fourth-order valence-electron chi connectivity index (χ4n) is 2.73. The zero-order valence-electron chi connectivity index (χ0n) is 14.0. The molecule has 1 saturated heterocycles. The van der Waals surface area contributed by atoms with Gasteiger partial charge >= 0.3 is 0 Å². The summed E-state index contributed by atoms with van der Waals surface area (Å²) < 4.78 is 29.7. The summed E-state index contributed by atoms with van der Waals surface area (Å²) in [5, 5.41) is 0. The quantitative estimate of drug-likeness (QED) is 0.493. The van der Waals surface area contributed by atoms with Crippen molar-refractivity contribution in [2.45, 2.75) is 56.6 Å². The van der Waals surface area contributed by atoms with Gasteiger partial charge in [-0.05, 0) is 51.6 Å². The van der Waals surface area contributed by atoms with E-state index in [-0.39, 0.29) is 30.5 Å². The minimum absolute atomic E-state index is 0.0657. The molecule has 0 saturated carbocycles. The minimum Gasteiger partial charge on any atom is -0.376 e. The van der Waals surface area contributed by atoms with Crippen LogP contribution in [0.4, 0.5) is 0 Å². The van der Waals surface area contributed by atoms with Gasteiger partial charge in [0, 0.05) is 21.3 Å². The lowest BCUT2D eigenvalue weighted by atomic mass is 9.99. The molecule has 0 N–H and O–H groups in total. The second-order valence-corrected chi connectivity index (χ2v) is 8.10. The molecule has 1 aliphatic rings. The van der Waals surface area contributed by atoms with Crippen LogP contribution < -0.4 is 0 Å². The Morgan fingerprint density at radius 1 is 1.09 bits per heavy atom. The van der Waals surface area contributed by atoms with Gasteiger partial charge in [0.2, 0.25) is 0 Å². The summed E-state index contributed by atoms with van der Waals surface area (Å²) >= 11 is 6.71. The summed E-state index contributed by atoms with van der Waals surface area (Å²) in [5.74, 6) is 0. The number of ether oxygens (including phenoxy) is 5. The van der Waals surface area contributed by atoms with Crippen LogP contribution in [-0.4, -0.2) is 58.1 Å². The zero-order chi connectivity index (χ0) is 17.4. The van der Waals surface area contributed by atoms with Crippen LogP contribution >= 0.6 is 31.9 Å². The highest BCUT2D eigenvalue weighted by Gasteiger charge is 2.46. The average molecular weight is 458 g/mol. The standard InChI is InChI=1S/C16H26Br2O5/c1-6-7-11(8-9-12(17)18)23-16-15(21-5)14(20-4)13(19-3)10(2)22-16/h6,9-11,13-16H,1,7-8H2,2-5H3/t10?,11-,13?,14?,15?,16?/m0/s1. The molecule has 0 aliphatic carbocycles. The first-order valence-electron chi connectivity index (χ1n) is 7.49. The number of methoxy groups -OCH3 is 3. The van der Waals surface area contributed by atoms with E-state index in [0.717, 1.165) is 3.39 Å². The van der Waals surface area contributed by atoms with Gasteiger partial charge in [-0.3, -0.25) is 0 Å². The molecule has 0 spiro atoms. The maximum absolute atomic E-state index is 6.14. The molecule has 0 bridgehead atoms. The van der Waals surface area contributed by atoms with Crippen LogP contribution in [0.25, 0.3) is 0 Å². The van der Waals surface area contributed by atoms with E-state index in [1.54, 1.807) is 21.3 Å². The van der Waals surface area contributed by atoms with Crippen molar-refractivity contribution in [3.8, 4) is 0 Å². The molecule has 0 aromatic rings. The normalized spacial score (nSPS) is 32.3. The third-order valence-corrected chi connectivity index (χ3v) is 4.48. The molecule has 0 amide bonds. The first kappa shape index (κ1) is 21.3. The highest BCUT2D eigenvalue weighted by molar-refractivity contribution is 9.28. The molecular weight excluding hydrogens is 432 g/mol. The molecule has 0 aromatic carbocycles. The molecule has 1 aliphatic heterocycles. The molecule has 5 unspecified atom stereocenters. The van der Waals surface area contributed by atoms with Gasteiger partial charge < -0.3 is 23.7 Å². The SMILES string of the molecule is C=CC[C@@H](CC=C(Br)Br)OC1OC(C)C(OC)C(OC)C1OC. The van der Waals surface area contributed by atoms with Gasteiger partial charge in [-0.15, -0.1) is 6.58 Å². The molecule has 6 atom stereocenters. The lowest BCUT2D eigenvalue weighted by Crippen LogP contribution is -2.59. The topological polar surface area (TPSA) is 46.2 Å². The van der Waals surface area contributed by atoms with Crippen molar-refractivity contribution in [2.24, 2.45) is 0 Å². The number of hydrogen-bond donors (Lipinski definition) is 0. The van der Waals surface area contributed by atoms with Gasteiger partial charge in [-0.1, -0.05) is 12.2 Å². The van der Waals surface area contributed by atoms with Crippen molar-refractivity contribution >= 4 is 31.9 Å². The Kier molecular flexibility index (Phi) is 10.2. The van der Waals surface area contributed by atoms with E-state index in [0.29, 0.717) is 12.8 Å². The molecule has 5 nitrogen and oxygen atoms in total. The van der Waals surface area contributed by atoms with E-state index in [1.165, 1.54) is 0 Å². The zero-order valence-corrected chi connectivity index (χ0v) is 17.2. The summed E-state index contributed by atoms with van der Waals surface area (Å²) in [6.07, 6.45) is 3.65. The molecule has 0 aromatic heterocycles. The first-order valence-corrected chi connectivity index (χ1v) is 9.08. The molecule has 1 rings (SSSR count). The van der Waals surface area contributed by atoms with Crippen LogP contribution in [-0.2, 0) is 23.7 Å². The average Bonchev–Trinajstić information content (AvgIpc) is 2.52. The predicted octanol–water partition coefficient (Wildman–Crippen LogP) is 3.76. The van der Waals surface area contributed by atoms with Crippen LogP contribution in [0, 0.1) is 0 Å². The Hall–Kier alpha value is 0.240. The van der Waals surface area contributed by atoms with Crippen LogP contribution in [0.5, 0.6) is 0 Å². The molecule has 0 radical (unpaired) electrons. The van der Waals surface area contributed by atoms with E-state index in [1.807, 2.05) is 19.1 Å². The van der Waals surface area contributed by atoms with Gasteiger partial charge in [0.25, 0.3) is 0 Å². The van der Waals surface area contributed by atoms with Crippen LogP contribution in [0.3, 0.4) is 0 Å². The van der Waals surface area contributed by atoms with Gasteiger partial charge in [-0.25, -0.2) is 0 Å². The van der Waals surface area contributed by atoms with Crippen molar-refractivity contribution in [1.82, 2.24) is 0 Å². The van der Waals surface area contributed by atoms with Gasteiger partial charge in [-0.2, -0.15) is 0 Å². The molecule has 7 heteroatoms. The molecule has 134 valence electrons. The van der Waals surface area contributed by atoms with Crippen molar-refractivity contribution in [3.05, 3.63) is 22.1 Å². The summed E-state index contributed by atoms with van der Waals surface area (Å²) in [7, 11) is 4.91. The van der Waals surface area contributed by atoms with E-state index >= 15 is 0 Å². The van der Waals surface area contributed by atoms with Gasteiger partial charge in [0.15, 0.2) is 6.29 Å². The van der Waals surface area contributed by atoms with Crippen LogP contribution in [0.2, 0.25) is 0 Å². The number of halogens is 2. The highest BCUT2D eigenvalue weighted by Crippen LogP contribution is 2.29. The van der Waals surface area contributed by atoms with Crippen molar-refractivity contribution in [2.75, 3.05) is 21.3 Å². The van der Waals surface area contributed by atoms with Crippen molar-refractivity contribution in [3.63, 3.8) is 0 Å². The van der Waals surface area contributed by atoms with Crippen LogP contribution in [0.15, 0.2) is 22.1 Å². The van der Waals surface area contributed by atoms with Crippen molar-refractivity contribution < 1.29 is 23.7 Å². The monoisotopic (exact) mass is 456 g/mol. The number of rotatable bonds is 9. The van der Waals surface area contributed by atoms with E-state index in [9.17, 15) is 0 Å². The fourth-order valence-corrected chi connectivity index (χ4v) is 3.10. The fraction of sp³-hybridized carbons (Fsp3) is 0.750. The minimum atomic E-state index is -0.529. The summed E-state index contributed by atoms with van der Waals surface area (Å²) in [5.41, 5.74) is 0. The van der Waals surface area contributed by atoms with E-state index in [2.05, 4.69) is 38.4 Å². The second kappa shape index (κ2) is 11.0. The predicted molar refractivity (Wildman–Crippen MR) is 97.0 cm³/mol. The molecule has 1 heterocycles.